The van der Waals surface area contributed by atoms with E-state index in [-0.39, 0.29) is 34.8 Å². The second kappa shape index (κ2) is 7.47. The quantitative estimate of drug-likeness (QED) is 0.382. The summed E-state index contributed by atoms with van der Waals surface area (Å²) in [4.78, 5) is 4.46. The first-order valence-electron chi connectivity index (χ1n) is 9.31. The molecular formula is C20H29ClIN3O. The molecule has 2 N–H and O–H groups in total. The molecule has 144 valence electrons. The van der Waals surface area contributed by atoms with E-state index < -0.39 is 0 Å². The predicted molar refractivity (Wildman–Crippen MR) is 118 cm³/mol. The van der Waals surface area contributed by atoms with Crippen molar-refractivity contribution in [2.45, 2.75) is 50.7 Å². The molecule has 0 aromatic heterocycles. The summed E-state index contributed by atoms with van der Waals surface area (Å²) in [5.41, 5.74) is 1.69. The van der Waals surface area contributed by atoms with Crippen LogP contribution in [-0.2, 0) is 10.2 Å². The van der Waals surface area contributed by atoms with E-state index in [2.05, 4.69) is 41.6 Å². The fourth-order valence-electron chi connectivity index (χ4n) is 4.75. The lowest BCUT2D eigenvalue weighted by Gasteiger charge is -2.55. The third-order valence-electron chi connectivity index (χ3n) is 6.50. The van der Waals surface area contributed by atoms with Crippen molar-refractivity contribution in [2.24, 2.45) is 16.3 Å². The van der Waals surface area contributed by atoms with Crippen molar-refractivity contribution in [2.75, 3.05) is 20.2 Å². The number of nitrogens with one attached hydrogen (secondary N) is 2. The minimum atomic E-state index is 0. The number of rotatable bonds is 4. The van der Waals surface area contributed by atoms with Gasteiger partial charge in [-0.1, -0.05) is 37.6 Å². The average molecular weight is 490 g/mol. The molecule has 3 aliphatic rings. The normalized spacial score (nSPS) is 30.6. The molecule has 3 unspecified atom stereocenters. The van der Waals surface area contributed by atoms with Crippen LogP contribution in [0.1, 0.15) is 38.7 Å². The molecule has 3 atom stereocenters. The van der Waals surface area contributed by atoms with Gasteiger partial charge in [0, 0.05) is 48.0 Å². The van der Waals surface area contributed by atoms with Crippen molar-refractivity contribution >= 4 is 41.5 Å². The number of nitrogens with zero attached hydrogens (tertiary/aromatic N) is 1. The Morgan fingerprint density at radius 2 is 2.12 bits per heavy atom. The molecule has 2 aliphatic carbocycles. The molecule has 1 aliphatic heterocycles. The second-order valence-corrected chi connectivity index (χ2v) is 8.84. The summed E-state index contributed by atoms with van der Waals surface area (Å²) in [6.45, 7) is 6.36. The fraction of sp³-hybridized carbons (Fsp3) is 0.650. The molecule has 26 heavy (non-hydrogen) atoms. The molecule has 1 aromatic rings. The molecule has 0 spiro atoms. The van der Waals surface area contributed by atoms with Crippen LogP contribution in [0.15, 0.2) is 29.3 Å². The van der Waals surface area contributed by atoms with Gasteiger partial charge in [0.25, 0.3) is 0 Å². The Hall–Kier alpha value is -0.530. The molecular weight excluding hydrogens is 461 g/mol. The van der Waals surface area contributed by atoms with Crippen LogP contribution in [0.2, 0.25) is 5.02 Å². The van der Waals surface area contributed by atoms with E-state index >= 15 is 0 Å². The summed E-state index contributed by atoms with van der Waals surface area (Å²) in [7, 11) is 1.85. The van der Waals surface area contributed by atoms with Crippen LogP contribution in [0.5, 0.6) is 0 Å². The van der Waals surface area contributed by atoms with Crippen LogP contribution in [0.4, 0.5) is 0 Å². The maximum Gasteiger partial charge on any atom is 0.191 e. The van der Waals surface area contributed by atoms with E-state index in [0.717, 1.165) is 30.6 Å². The van der Waals surface area contributed by atoms with E-state index in [1.54, 1.807) is 0 Å². The smallest absolute Gasteiger partial charge is 0.191 e. The van der Waals surface area contributed by atoms with Gasteiger partial charge in [-0.25, -0.2) is 0 Å². The van der Waals surface area contributed by atoms with Crippen LogP contribution in [-0.4, -0.2) is 38.3 Å². The Morgan fingerprint density at radius 1 is 1.35 bits per heavy atom. The number of halogens is 2. The molecule has 3 fully saturated rings. The van der Waals surface area contributed by atoms with Crippen LogP contribution in [0.3, 0.4) is 0 Å². The Labute approximate surface area is 178 Å². The number of guanidine groups is 1. The highest BCUT2D eigenvalue weighted by molar-refractivity contribution is 14.0. The number of fused-ring (bicyclic) bond motifs is 1. The van der Waals surface area contributed by atoms with Crippen LogP contribution in [0, 0.1) is 11.3 Å². The summed E-state index contributed by atoms with van der Waals surface area (Å²) in [6, 6.07) is 8.69. The topological polar surface area (TPSA) is 45.7 Å². The monoisotopic (exact) mass is 489 g/mol. The highest BCUT2D eigenvalue weighted by Crippen LogP contribution is 2.52. The number of aliphatic imine (C=N–C) groups is 1. The minimum absolute atomic E-state index is 0. The molecule has 4 nitrogen and oxygen atoms in total. The van der Waals surface area contributed by atoms with E-state index in [4.69, 9.17) is 16.3 Å². The third-order valence-corrected chi connectivity index (χ3v) is 6.74. The summed E-state index contributed by atoms with van der Waals surface area (Å²) in [5, 5.41) is 8.04. The molecule has 0 radical (unpaired) electrons. The van der Waals surface area contributed by atoms with Crippen molar-refractivity contribution in [3.8, 4) is 0 Å². The first-order valence-corrected chi connectivity index (χ1v) is 9.69. The van der Waals surface area contributed by atoms with Gasteiger partial charge < -0.3 is 15.4 Å². The standard InChI is InChI=1S/C20H28ClN3O.HI/c1-19(2)16(15-7-10-25-17(15)19)24-18(22-3)23-12-20(8-9-20)13-5-4-6-14(21)11-13;/h4-6,11,15-17H,7-10,12H2,1-3H3,(H2,22,23,24);1H. The zero-order valence-electron chi connectivity index (χ0n) is 15.7. The molecule has 0 bridgehead atoms. The van der Waals surface area contributed by atoms with Gasteiger partial charge in [0.1, 0.15) is 0 Å². The molecule has 6 heteroatoms. The molecule has 0 amide bonds. The lowest BCUT2D eigenvalue weighted by atomic mass is 9.57. The summed E-state index contributed by atoms with van der Waals surface area (Å²) >= 11 is 6.18. The van der Waals surface area contributed by atoms with E-state index in [1.165, 1.54) is 18.4 Å². The first-order chi connectivity index (χ1) is 12.0. The largest absolute Gasteiger partial charge is 0.377 e. The van der Waals surface area contributed by atoms with E-state index in [1.807, 2.05) is 19.2 Å². The highest BCUT2D eigenvalue weighted by Gasteiger charge is 2.59. The molecule has 1 aromatic carbocycles. The summed E-state index contributed by atoms with van der Waals surface area (Å²) in [5.74, 6) is 1.51. The lowest BCUT2D eigenvalue weighted by molar-refractivity contribution is -0.106. The number of hydrogen-bond acceptors (Lipinski definition) is 2. The second-order valence-electron chi connectivity index (χ2n) is 8.40. The molecule has 2 saturated carbocycles. The predicted octanol–water partition coefficient (Wildman–Crippen LogP) is 3.97. The van der Waals surface area contributed by atoms with Gasteiger partial charge >= 0.3 is 0 Å². The highest BCUT2D eigenvalue weighted by atomic mass is 127. The van der Waals surface area contributed by atoms with Crippen molar-refractivity contribution in [3.63, 3.8) is 0 Å². The van der Waals surface area contributed by atoms with Crippen molar-refractivity contribution < 1.29 is 4.74 Å². The molecule has 1 saturated heterocycles. The molecule has 4 rings (SSSR count). The van der Waals surface area contributed by atoms with Gasteiger partial charge in [-0.3, -0.25) is 4.99 Å². The van der Waals surface area contributed by atoms with Crippen molar-refractivity contribution in [3.05, 3.63) is 34.9 Å². The Kier molecular flexibility index (Phi) is 5.81. The SMILES string of the molecule is CN=C(NCC1(c2cccc(Cl)c2)CC1)NC1C2CCOC2C1(C)C.I. The van der Waals surface area contributed by atoms with Gasteiger partial charge in [0.05, 0.1) is 6.10 Å². The Balaban J connectivity index is 0.00000196. The average Bonchev–Trinajstić information content (AvgIpc) is 3.24. The first kappa shape index (κ1) is 20.2. The maximum atomic E-state index is 6.18. The molecule has 1 heterocycles. The van der Waals surface area contributed by atoms with Gasteiger partial charge in [-0.15, -0.1) is 24.0 Å². The number of hydrogen-bond donors (Lipinski definition) is 2. The lowest BCUT2D eigenvalue weighted by Crippen LogP contribution is -2.68. The van der Waals surface area contributed by atoms with Gasteiger partial charge in [-0.05, 0) is 37.0 Å². The summed E-state index contributed by atoms with van der Waals surface area (Å²) in [6.07, 6.45) is 3.94. The van der Waals surface area contributed by atoms with Crippen LogP contribution < -0.4 is 10.6 Å². The zero-order valence-corrected chi connectivity index (χ0v) is 18.8. The Bertz CT molecular complexity index is 689. The Morgan fingerprint density at radius 3 is 2.77 bits per heavy atom. The van der Waals surface area contributed by atoms with E-state index in [9.17, 15) is 0 Å². The van der Waals surface area contributed by atoms with E-state index in [0.29, 0.717) is 18.1 Å². The fourth-order valence-corrected chi connectivity index (χ4v) is 4.94. The third kappa shape index (κ3) is 3.47. The minimum Gasteiger partial charge on any atom is -0.377 e. The van der Waals surface area contributed by atoms with Crippen molar-refractivity contribution in [1.29, 1.82) is 0 Å². The van der Waals surface area contributed by atoms with Gasteiger partial charge in [-0.2, -0.15) is 0 Å². The number of benzene rings is 1. The zero-order chi connectivity index (χ0) is 17.7. The van der Waals surface area contributed by atoms with Gasteiger partial charge in [0.15, 0.2) is 5.96 Å². The number of ether oxygens (including phenoxy) is 1. The van der Waals surface area contributed by atoms with Crippen molar-refractivity contribution in [1.82, 2.24) is 10.6 Å². The summed E-state index contributed by atoms with van der Waals surface area (Å²) < 4.78 is 5.89. The van der Waals surface area contributed by atoms with Gasteiger partial charge in [0.2, 0.25) is 0 Å². The van der Waals surface area contributed by atoms with Crippen LogP contribution in [0.25, 0.3) is 0 Å². The van der Waals surface area contributed by atoms with Crippen LogP contribution >= 0.6 is 35.6 Å². The maximum absolute atomic E-state index is 6.18.